The van der Waals surface area contributed by atoms with Crippen molar-refractivity contribution in [1.29, 1.82) is 0 Å². The third-order valence-electron chi connectivity index (χ3n) is 2.93. The summed E-state index contributed by atoms with van der Waals surface area (Å²) in [7, 11) is 1.65. The third-order valence-corrected chi connectivity index (χ3v) is 4.70. The first-order chi connectivity index (χ1) is 9.54. The van der Waals surface area contributed by atoms with E-state index < -0.39 is 0 Å². The van der Waals surface area contributed by atoms with Crippen LogP contribution in [0.3, 0.4) is 0 Å². The van der Waals surface area contributed by atoms with Crippen molar-refractivity contribution in [1.82, 2.24) is 9.78 Å². The maximum Gasteiger partial charge on any atom is 0.0837 e. The van der Waals surface area contributed by atoms with Gasteiger partial charge in [0.15, 0.2) is 0 Å². The van der Waals surface area contributed by atoms with Crippen molar-refractivity contribution in [2.45, 2.75) is 12.6 Å². The predicted molar refractivity (Wildman–Crippen MR) is 92.0 cm³/mol. The van der Waals surface area contributed by atoms with Crippen LogP contribution in [0.5, 0.6) is 0 Å². The highest BCUT2D eigenvalue weighted by molar-refractivity contribution is 14.1. The molecule has 0 amide bonds. The van der Waals surface area contributed by atoms with Crippen LogP contribution >= 0.6 is 50.1 Å². The number of nitrogens with two attached hydrogens (primary N) is 1. The summed E-state index contributed by atoms with van der Waals surface area (Å²) in [6.45, 7) is 1.18. The number of benzene rings is 1. The minimum absolute atomic E-state index is 0.328. The normalized spacial score (nSPS) is 12.7. The molecule has 1 heterocycles. The fraction of sp³-hybridized carbons (Fsp3) is 0.308. The number of nitrogens with zero attached hydrogens (tertiary/aromatic N) is 2. The van der Waals surface area contributed by atoms with Gasteiger partial charge in [0, 0.05) is 15.2 Å². The number of aromatic nitrogens is 2. The molecule has 0 spiro atoms. The van der Waals surface area contributed by atoms with Gasteiger partial charge in [-0.3, -0.25) is 4.68 Å². The highest BCUT2D eigenvalue weighted by Gasteiger charge is 2.20. The Bertz CT molecular complexity index is 605. The molecule has 0 fully saturated rings. The predicted octanol–water partition coefficient (Wildman–Crippen LogP) is 3.60. The van der Waals surface area contributed by atoms with E-state index in [1.807, 2.05) is 18.2 Å². The van der Waals surface area contributed by atoms with Crippen LogP contribution in [0.25, 0.3) is 0 Å². The maximum atomic E-state index is 6.39. The zero-order chi connectivity index (χ0) is 14.7. The second kappa shape index (κ2) is 7.22. The van der Waals surface area contributed by atoms with Gasteiger partial charge in [-0.2, -0.15) is 5.10 Å². The lowest BCUT2D eigenvalue weighted by Crippen LogP contribution is -2.20. The molecule has 0 saturated carbocycles. The summed E-state index contributed by atoms with van der Waals surface area (Å²) in [6.07, 6.45) is 1.62. The summed E-state index contributed by atoms with van der Waals surface area (Å²) in [4.78, 5) is 0. The van der Waals surface area contributed by atoms with Crippen molar-refractivity contribution in [3.63, 3.8) is 0 Å². The van der Waals surface area contributed by atoms with Crippen LogP contribution in [-0.4, -0.2) is 23.5 Å². The Morgan fingerprint density at radius 1 is 1.55 bits per heavy atom. The van der Waals surface area contributed by atoms with Gasteiger partial charge in [-0.1, -0.05) is 27.5 Å². The number of methoxy groups -OCH3 is 1. The zero-order valence-electron chi connectivity index (χ0n) is 10.8. The second-order valence-corrected chi connectivity index (χ2v) is 6.72. The molecule has 0 aliphatic heterocycles. The molecule has 7 heteroatoms. The minimum atomic E-state index is -0.328. The molecule has 2 rings (SSSR count). The quantitative estimate of drug-likeness (QED) is 0.680. The number of rotatable bonds is 5. The van der Waals surface area contributed by atoms with Gasteiger partial charge in [0.2, 0.25) is 0 Å². The molecule has 1 aromatic carbocycles. The van der Waals surface area contributed by atoms with Gasteiger partial charge >= 0.3 is 0 Å². The molecule has 0 bridgehead atoms. The Kier molecular flexibility index (Phi) is 5.85. The summed E-state index contributed by atoms with van der Waals surface area (Å²) >= 11 is 12.0. The van der Waals surface area contributed by atoms with Gasteiger partial charge in [-0.05, 0) is 46.4 Å². The van der Waals surface area contributed by atoms with Crippen molar-refractivity contribution in [2.24, 2.45) is 5.73 Å². The standard InChI is InChI=1S/C13H14BrClIN3O/c1-20-5-4-19-13(10(15)7-18-19)12(17)9-6-8(14)2-3-11(9)16/h2-3,6-7,12H,4-5,17H2,1H3. The molecule has 0 aliphatic carbocycles. The van der Waals surface area contributed by atoms with E-state index in [4.69, 9.17) is 22.1 Å². The lowest BCUT2D eigenvalue weighted by molar-refractivity contribution is 0.182. The molecule has 0 aliphatic rings. The van der Waals surface area contributed by atoms with Crippen LogP contribution in [0, 0.1) is 3.57 Å². The number of hydrogen-bond donors (Lipinski definition) is 1. The van der Waals surface area contributed by atoms with E-state index in [1.165, 1.54) is 0 Å². The first kappa shape index (κ1) is 16.2. The third kappa shape index (κ3) is 3.54. The smallest absolute Gasteiger partial charge is 0.0837 e. The minimum Gasteiger partial charge on any atom is -0.383 e. The van der Waals surface area contributed by atoms with Gasteiger partial charge in [-0.15, -0.1) is 0 Å². The van der Waals surface area contributed by atoms with Crippen molar-refractivity contribution < 1.29 is 4.74 Å². The van der Waals surface area contributed by atoms with Crippen LogP contribution in [0.2, 0.25) is 5.02 Å². The van der Waals surface area contributed by atoms with E-state index in [0.717, 1.165) is 19.3 Å². The number of ether oxygens (including phenoxy) is 1. The van der Waals surface area contributed by atoms with Gasteiger partial charge < -0.3 is 10.5 Å². The fourth-order valence-electron chi connectivity index (χ4n) is 1.94. The summed E-state index contributed by atoms with van der Waals surface area (Å²) in [5.74, 6) is 0. The van der Waals surface area contributed by atoms with Crippen LogP contribution in [0.1, 0.15) is 17.3 Å². The van der Waals surface area contributed by atoms with Crippen LogP contribution < -0.4 is 5.73 Å². The van der Waals surface area contributed by atoms with E-state index >= 15 is 0 Å². The Morgan fingerprint density at radius 2 is 2.30 bits per heavy atom. The Balaban J connectivity index is 2.39. The molecule has 1 aromatic heterocycles. The van der Waals surface area contributed by atoms with Crippen molar-refractivity contribution in [3.8, 4) is 0 Å². The van der Waals surface area contributed by atoms with E-state index in [1.54, 1.807) is 18.0 Å². The molecule has 1 atom stereocenters. The van der Waals surface area contributed by atoms with E-state index in [-0.39, 0.29) is 6.04 Å². The van der Waals surface area contributed by atoms with Gasteiger partial charge in [0.05, 0.1) is 36.1 Å². The Hall–Kier alpha value is -0.150. The lowest BCUT2D eigenvalue weighted by Gasteiger charge is -2.17. The van der Waals surface area contributed by atoms with E-state index in [0.29, 0.717) is 18.2 Å². The highest BCUT2D eigenvalue weighted by Crippen LogP contribution is 2.30. The molecule has 108 valence electrons. The van der Waals surface area contributed by atoms with Crippen LogP contribution in [0.4, 0.5) is 0 Å². The van der Waals surface area contributed by atoms with E-state index in [2.05, 4.69) is 43.6 Å². The molecule has 4 nitrogen and oxygen atoms in total. The van der Waals surface area contributed by atoms with Crippen LogP contribution in [-0.2, 0) is 11.3 Å². The monoisotopic (exact) mass is 469 g/mol. The summed E-state index contributed by atoms with van der Waals surface area (Å²) < 4.78 is 8.96. The maximum absolute atomic E-state index is 6.39. The van der Waals surface area contributed by atoms with E-state index in [9.17, 15) is 0 Å². The molecule has 2 aromatic rings. The van der Waals surface area contributed by atoms with Crippen molar-refractivity contribution in [3.05, 3.63) is 48.7 Å². The first-order valence-corrected chi connectivity index (χ1v) is 8.20. The highest BCUT2D eigenvalue weighted by atomic mass is 127. The molecule has 0 saturated heterocycles. The summed E-state index contributed by atoms with van der Waals surface area (Å²) in [5, 5.41) is 4.84. The summed E-state index contributed by atoms with van der Waals surface area (Å²) in [5.41, 5.74) is 8.21. The Morgan fingerprint density at radius 3 is 3.00 bits per heavy atom. The van der Waals surface area contributed by atoms with Crippen molar-refractivity contribution >= 4 is 50.1 Å². The van der Waals surface area contributed by atoms with Crippen molar-refractivity contribution in [2.75, 3.05) is 13.7 Å². The fourth-order valence-corrected chi connectivity index (χ4v) is 3.25. The molecular formula is C13H14BrClIN3O. The molecule has 2 N–H and O–H groups in total. The molecule has 20 heavy (non-hydrogen) atoms. The average molecular weight is 471 g/mol. The Labute approximate surface area is 144 Å². The number of hydrogen-bond acceptors (Lipinski definition) is 3. The van der Waals surface area contributed by atoms with Gasteiger partial charge in [-0.25, -0.2) is 0 Å². The van der Waals surface area contributed by atoms with Gasteiger partial charge in [0.25, 0.3) is 0 Å². The SMILES string of the molecule is COCCn1ncc(Cl)c1C(N)c1cc(Br)ccc1I. The van der Waals surface area contributed by atoms with Crippen LogP contribution in [0.15, 0.2) is 28.9 Å². The lowest BCUT2D eigenvalue weighted by atomic mass is 10.0. The topological polar surface area (TPSA) is 53.1 Å². The second-order valence-electron chi connectivity index (χ2n) is 4.24. The van der Waals surface area contributed by atoms with Gasteiger partial charge in [0.1, 0.15) is 0 Å². The largest absolute Gasteiger partial charge is 0.383 e. The molecule has 1 unspecified atom stereocenters. The number of halogens is 3. The zero-order valence-corrected chi connectivity index (χ0v) is 15.3. The summed E-state index contributed by atoms with van der Waals surface area (Å²) in [6, 6.07) is 5.69. The molecule has 0 radical (unpaired) electrons. The first-order valence-electron chi connectivity index (χ1n) is 5.95. The average Bonchev–Trinajstić information content (AvgIpc) is 2.79. The molecular weight excluding hydrogens is 456 g/mol.